The van der Waals surface area contributed by atoms with Crippen LogP contribution >= 0.6 is 0 Å². The first-order valence-corrected chi connectivity index (χ1v) is 10.0. The van der Waals surface area contributed by atoms with Gasteiger partial charge in [0.2, 0.25) is 6.41 Å². The number of hydrogen-bond acceptors (Lipinski definition) is 6. The van der Waals surface area contributed by atoms with Gasteiger partial charge in [0, 0.05) is 44.3 Å². The molecule has 0 fully saturated rings. The number of rotatable bonds is 9. The maximum atomic E-state index is 13.5. The van der Waals surface area contributed by atoms with Crippen LogP contribution in [0.4, 0.5) is 33.0 Å². The highest BCUT2D eigenvalue weighted by Gasteiger charge is 2.16. The second kappa shape index (κ2) is 9.82. The summed E-state index contributed by atoms with van der Waals surface area (Å²) in [6.45, 7) is 6.36. The lowest BCUT2D eigenvalue weighted by Gasteiger charge is -2.26. The fourth-order valence-corrected chi connectivity index (χ4v) is 3.13. The third-order valence-electron chi connectivity index (χ3n) is 5.06. The average molecular weight is 436 g/mol. The highest BCUT2D eigenvalue weighted by atomic mass is 19.1. The van der Waals surface area contributed by atoms with Crippen molar-refractivity contribution in [2.45, 2.75) is 6.92 Å². The van der Waals surface area contributed by atoms with E-state index in [1.165, 1.54) is 18.2 Å². The second-order valence-corrected chi connectivity index (χ2v) is 7.05. The maximum absolute atomic E-state index is 13.5. The van der Waals surface area contributed by atoms with Crippen molar-refractivity contribution in [2.24, 2.45) is 0 Å². The molecule has 1 aromatic heterocycles. The Morgan fingerprint density at radius 2 is 1.84 bits per heavy atom. The third kappa shape index (κ3) is 4.80. The number of carbonyl (C=O) groups is 1. The van der Waals surface area contributed by atoms with Crippen LogP contribution in [0.2, 0.25) is 0 Å². The van der Waals surface area contributed by atoms with E-state index in [2.05, 4.69) is 11.6 Å². The van der Waals surface area contributed by atoms with Gasteiger partial charge < -0.3 is 25.2 Å². The molecule has 0 saturated heterocycles. The molecule has 1 heterocycles. The van der Waals surface area contributed by atoms with Crippen LogP contribution in [-0.4, -0.2) is 32.0 Å². The SMILES string of the molecule is C=C(Oc1cc(F)ccc1N)N(C)c1ccc(N(C)c2ncccc2N(C=O)CC)cc1. The molecular formula is C24H26FN5O2. The van der Waals surface area contributed by atoms with Crippen molar-refractivity contribution in [3.8, 4) is 5.75 Å². The summed E-state index contributed by atoms with van der Waals surface area (Å²) in [5.74, 6) is 0.718. The lowest BCUT2D eigenvalue weighted by molar-refractivity contribution is -0.107. The van der Waals surface area contributed by atoms with Crippen LogP contribution in [0.15, 0.2) is 73.3 Å². The van der Waals surface area contributed by atoms with Crippen molar-refractivity contribution in [3.63, 3.8) is 0 Å². The Hall–Kier alpha value is -4.07. The smallest absolute Gasteiger partial charge is 0.214 e. The molecule has 166 valence electrons. The van der Waals surface area contributed by atoms with Gasteiger partial charge in [-0.1, -0.05) is 0 Å². The van der Waals surface area contributed by atoms with E-state index in [1.54, 1.807) is 29.1 Å². The molecule has 0 aliphatic rings. The minimum absolute atomic E-state index is 0.205. The molecule has 0 aliphatic heterocycles. The van der Waals surface area contributed by atoms with Crippen LogP contribution in [0.1, 0.15) is 6.92 Å². The first-order valence-electron chi connectivity index (χ1n) is 10.0. The molecule has 2 aromatic carbocycles. The summed E-state index contributed by atoms with van der Waals surface area (Å²) < 4.78 is 19.2. The molecule has 0 saturated carbocycles. The van der Waals surface area contributed by atoms with Crippen LogP contribution in [0.5, 0.6) is 5.75 Å². The Bertz CT molecular complexity index is 1100. The summed E-state index contributed by atoms with van der Waals surface area (Å²) >= 11 is 0. The van der Waals surface area contributed by atoms with Gasteiger partial charge in [0.15, 0.2) is 17.5 Å². The molecule has 7 nitrogen and oxygen atoms in total. The number of hydrogen-bond donors (Lipinski definition) is 1. The summed E-state index contributed by atoms with van der Waals surface area (Å²) in [5.41, 5.74) is 8.59. The number of nitrogen functional groups attached to an aromatic ring is 1. The van der Waals surface area contributed by atoms with Crippen LogP contribution in [0.3, 0.4) is 0 Å². The monoisotopic (exact) mass is 435 g/mol. The van der Waals surface area contributed by atoms with Crippen molar-refractivity contribution in [1.29, 1.82) is 0 Å². The zero-order valence-electron chi connectivity index (χ0n) is 18.3. The third-order valence-corrected chi connectivity index (χ3v) is 5.06. The Labute approximate surface area is 187 Å². The molecule has 0 spiro atoms. The largest absolute Gasteiger partial charge is 0.439 e. The zero-order chi connectivity index (χ0) is 23.3. The average Bonchev–Trinajstić information content (AvgIpc) is 2.81. The molecule has 32 heavy (non-hydrogen) atoms. The number of nitrogens with two attached hydrogens (primary N) is 1. The van der Waals surface area contributed by atoms with Crippen molar-refractivity contribution in [1.82, 2.24) is 4.98 Å². The Balaban J connectivity index is 1.78. The van der Waals surface area contributed by atoms with Gasteiger partial charge in [0.25, 0.3) is 0 Å². The van der Waals surface area contributed by atoms with E-state index in [4.69, 9.17) is 10.5 Å². The molecule has 8 heteroatoms. The predicted molar refractivity (Wildman–Crippen MR) is 127 cm³/mol. The summed E-state index contributed by atoms with van der Waals surface area (Å²) in [4.78, 5) is 21.1. The van der Waals surface area contributed by atoms with E-state index >= 15 is 0 Å². The first-order chi connectivity index (χ1) is 15.3. The highest BCUT2D eigenvalue weighted by Crippen LogP contribution is 2.32. The summed E-state index contributed by atoms with van der Waals surface area (Å²) in [5, 5.41) is 0. The number of benzene rings is 2. The number of amides is 1. The lowest BCUT2D eigenvalue weighted by Crippen LogP contribution is -2.24. The van der Waals surface area contributed by atoms with Gasteiger partial charge in [-0.05, 0) is 62.0 Å². The Morgan fingerprint density at radius 3 is 2.50 bits per heavy atom. The van der Waals surface area contributed by atoms with Crippen molar-refractivity contribution in [2.75, 3.05) is 41.1 Å². The van der Waals surface area contributed by atoms with E-state index in [0.29, 0.717) is 23.9 Å². The molecule has 3 rings (SSSR count). The minimum Gasteiger partial charge on any atom is -0.439 e. The van der Waals surface area contributed by atoms with Crippen LogP contribution in [-0.2, 0) is 4.79 Å². The number of anilines is 5. The standard InChI is InChI=1S/C24H26FN5O2/c1-5-30(16-31)22-7-6-14-27-24(22)29(4)20-11-9-19(10-12-20)28(3)17(2)32-23-15-18(25)8-13-21(23)26/h6-16H,2,5,26H2,1,3-4H3. The van der Waals surface area contributed by atoms with E-state index in [0.717, 1.165) is 23.5 Å². The lowest BCUT2D eigenvalue weighted by atomic mass is 10.2. The van der Waals surface area contributed by atoms with Crippen molar-refractivity contribution < 1.29 is 13.9 Å². The van der Waals surface area contributed by atoms with Gasteiger partial charge in [-0.15, -0.1) is 0 Å². The van der Waals surface area contributed by atoms with Gasteiger partial charge in [0.05, 0.1) is 11.4 Å². The van der Waals surface area contributed by atoms with E-state index in [9.17, 15) is 9.18 Å². The van der Waals surface area contributed by atoms with Gasteiger partial charge in [-0.3, -0.25) is 4.79 Å². The van der Waals surface area contributed by atoms with E-state index in [-0.39, 0.29) is 5.75 Å². The van der Waals surface area contributed by atoms with Crippen LogP contribution < -0.4 is 25.2 Å². The number of pyridine rings is 1. The quantitative estimate of drug-likeness (QED) is 0.302. The van der Waals surface area contributed by atoms with Crippen molar-refractivity contribution >= 4 is 35.0 Å². The number of aromatic nitrogens is 1. The molecule has 0 unspecified atom stereocenters. The summed E-state index contributed by atoms with van der Waals surface area (Å²) in [6.07, 6.45) is 2.49. The van der Waals surface area contributed by atoms with Crippen molar-refractivity contribution in [3.05, 3.63) is 79.1 Å². The topological polar surface area (TPSA) is 74.9 Å². The first kappa shape index (κ1) is 22.6. The molecule has 0 radical (unpaired) electrons. The fourth-order valence-electron chi connectivity index (χ4n) is 3.13. The maximum Gasteiger partial charge on any atom is 0.214 e. The molecule has 0 bridgehead atoms. The predicted octanol–water partition coefficient (Wildman–Crippen LogP) is 4.54. The van der Waals surface area contributed by atoms with Crippen LogP contribution in [0.25, 0.3) is 0 Å². The van der Waals surface area contributed by atoms with Gasteiger partial charge in [-0.25, -0.2) is 9.37 Å². The van der Waals surface area contributed by atoms with Gasteiger partial charge >= 0.3 is 0 Å². The molecule has 2 N–H and O–H groups in total. The molecular weight excluding hydrogens is 409 g/mol. The number of carbonyl (C=O) groups excluding carboxylic acids is 1. The minimum atomic E-state index is -0.442. The molecule has 0 aliphatic carbocycles. The van der Waals surface area contributed by atoms with Crippen LogP contribution in [0, 0.1) is 5.82 Å². The molecule has 0 atom stereocenters. The normalized spacial score (nSPS) is 10.4. The molecule has 3 aromatic rings. The number of nitrogens with zero attached hydrogens (tertiary/aromatic N) is 4. The summed E-state index contributed by atoms with van der Waals surface area (Å²) in [7, 11) is 3.68. The Morgan fingerprint density at radius 1 is 1.16 bits per heavy atom. The second-order valence-electron chi connectivity index (χ2n) is 7.05. The number of halogens is 1. The Kier molecular flexibility index (Phi) is 6.94. The molecule has 1 amide bonds. The summed E-state index contributed by atoms with van der Waals surface area (Å²) in [6, 6.07) is 15.2. The van der Waals surface area contributed by atoms with E-state index in [1.807, 2.05) is 49.2 Å². The highest BCUT2D eigenvalue weighted by molar-refractivity contribution is 5.84. The zero-order valence-corrected chi connectivity index (χ0v) is 18.3. The van der Waals surface area contributed by atoms with Gasteiger partial charge in [0.1, 0.15) is 5.82 Å². The van der Waals surface area contributed by atoms with Gasteiger partial charge in [-0.2, -0.15) is 0 Å². The fraction of sp³-hybridized carbons (Fsp3) is 0.167. The van der Waals surface area contributed by atoms with E-state index < -0.39 is 5.82 Å². The number of ether oxygens (including phenoxy) is 1.